The predicted octanol–water partition coefficient (Wildman–Crippen LogP) is 12.4. The molecule has 0 radical (unpaired) electrons. The summed E-state index contributed by atoms with van der Waals surface area (Å²) in [5, 5.41) is 10.1. The van der Waals surface area contributed by atoms with Crippen molar-refractivity contribution in [1.29, 1.82) is 0 Å². The Morgan fingerprint density at radius 1 is 0.442 bits per heavy atom. The normalized spacial score (nSPS) is 12.9. The summed E-state index contributed by atoms with van der Waals surface area (Å²) in [4.78, 5) is 0. The molecule has 0 aliphatic carbocycles. The molecule has 8 aromatic rings. The van der Waals surface area contributed by atoms with Crippen LogP contribution >= 0.6 is 0 Å². The summed E-state index contributed by atoms with van der Waals surface area (Å²) in [5.41, 5.74) is 9.60. The molecule has 1 aromatic heterocycles. The van der Waals surface area contributed by atoms with Crippen LogP contribution in [0.25, 0.3) is 76.5 Å². The summed E-state index contributed by atoms with van der Waals surface area (Å²) in [5.74, 6) is 0. The van der Waals surface area contributed by atoms with Crippen molar-refractivity contribution in [2.24, 2.45) is 0 Å². The minimum Gasteiger partial charge on any atom is -0.455 e. The Hall–Kier alpha value is -4.62. The van der Waals surface area contributed by atoms with Gasteiger partial charge in [-0.3, -0.25) is 0 Å². The summed E-state index contributed by atoms with van der Waals surface area (Å²) in [6, 6.07) is 40.6. The second-order valence-corrected chi connectivity index (χ2v) is 14.2. The molecule has 43 heavy (non-hydrogen) atoms. The van der Waals surface area contributed by atoms with Gasteiger partial charge in [0.2, 0.25) is 0 Å². The van der Waals surface area contributed by atoms with Gasteiger partial charge in [0.1, 0.15) is 11.2 Å². The lowest BCUT2D eigenvalue weighted by molar-refractivity contribution is 0.590. The Kier molecular flexibility index (Phi) is 5.42. The minimum atomic E-state index is 0.0759. The number of benzene rings is 7. The standard InChI is InChI=1S/C42H36O/c1-41(2,3)28-18-14-25(15-19-28)35-24-36(34-12-9-11-33-30-10-7-8-13-37(30)43-40(33)34)32-21-17-27-23-29(42(4,5)6)22-26-16-20-31(35)39(32)38(26)27/h7-24H,1-6H3. The quantitative estimate of drug-likeness (QED) is 0.193. The Morgan fingerprint density at radius 3 is 1.74 bits per heavy atom. The van der Waals surface area contributed by atoms with Gasteiger partial charge in [0.25, 0.3) is 0 Å². The third-order valence-electron chi connectivity index (χ3n) is 9.34. The summed E-state index contributed by atoms with van der Waals surface area (Å²) in [6.45, 7) is 13.7. The second kappa shape index (κ2) is 8.94. The van der Waals surface area contributed by atoms with Crippen LogP contribution in [0.5, 0.6) is 0 Å². The summed E-state index contributed by atoms with van der Waals surface area (Å²) < 4.78 is 6.58. The van der Waals surface area contributed by atoms with Crippen LogP contribution in [0.4, 0.5) is 0 Å². The van der Waals surface area contributed by atoms with E-state index in [1.54, 1.807) is 0 Å². The summed E-state index contributed by atoms with van der Waals surface area (Å²) in [7, 11) is 0. The second-order valence-electron chi connectivity index (χ2n) is 14.2. The van der Waals surface area contributed by atoms with Crippen LogP contribution in [-0.2, 0) is 10.8 Å². The number of rotatable bonds is 2. The van der Waals surface area contributed by atoms with Gasteiger partial charge in [-0.15, -0.1) is 0 Å². The number of fused-ring (bicyclic) bond motifs is 3. The third-order valence-corrected chi connectivity index (χ3v) is 9.34. The molecule has 7 aromatic carbocycles. The van der Waals surface area contributed by atoms with Gasteiger partial charge in [0, 0.05) is 16.3 Å². The van der Waals surface area contributed by atoms with E-state index in [4.69, 9.17) is 4.42 Å². The molecule has 1 heterocycles. The van der Waals surface area contributed by atoms with E-state index in [0.717, 1.165) is 27.5 Å². The molecule has 0 saturated carbocycles. The number of hydrogen-bond donors (Lipinski definition) is 0. The molecule has 0 aliphatic heterocycles. The molecule has 0 amide bonds. The van der Waals surface area contributed by atoms with Gasteiger partial charge in [-0.2, -0.15) is 0 Å². The van der Waals surface area contributed by atoms with Crippen molar-refractivity contribution in [3.05, 3.63) is 120 Å². The molecule has 0 spiro atoms. The maximum Gasteiger partial charge on any atom is 0.143 e. The van der Waals surface area contributed by atoms with Crippen LogP contribution in [0.15, 0.2) is 114 Å². The first kappa shape index (κ1) is 26.0. The van der Waals surface area contributed by atoms with E-state index >= 15 is 0 Å². The first-order chi connectivity index (χ1) is 20.6. The van der Waals surface area contributed by atoms with Crippen molar-refractivity contribution in [3.63, 3.8) is 0 Å². The highest BCUT2D eigenvalue weighted by Crippen LogP contribution is 2.47. The van der Waals surface area contributed by atoms with Crippen molar-refractivity contribution >= 4 is 54.3 Å². The van der Waals surface area contributed by atoms with Crippen LogP contribution in [0.3, 0.4) is 0 Å². The number of hydrogen-bond acceptors (Lipinski definition) is 1. The Bertz CT molecular complexity index is 2310. The summed E-state index contributed by atoms with van der Waals surface area (Å²) in [6.07, 6.45) is 0. The maximum atomic E-state index is 6.58. The molecular weight excluding hydrogens is 520 g/mol. The fraction of sp³-hybridized carbons (Fsp3) is 0.190. The van der Waals surface area contributed by atoms with E-state index in [1.165, 1.54) is 60.1 Å². The van der Waals surface area contributed by atoms with Crippen LogP contribution in [0.1, 0.15) is 52.7 Å². The fourth-order valence-electron chi connectivity index (χ4n) is 6.92. The Morgan fingerprint density at radius 2 is 1.07 bits per heavy atom. The van der Waals surface area contributed by atoms with Gasteiger partial charge in [-0.25, -0.2) is 0 Å². The lowest BCUT2D eigenvalue weighted by atomic mass is 9.81. The molecule has 0 N–H and O–H groups in total. The molecule has 210 valence electrons. The van der Waals surface area contributed by atoms with E-state index in [2.05, 4.69) is 145 Å². The van der Waals surface area contributed by atoms with Gasteiger partial charge >= 0.3 is 0 Å². The topological polar surface area (TPSA) is 13.1 Å². The summed E-state index contributed by atoms with van der Waals surface area (Å²) >= 11 is 0. The van der Waals surface area contributed by atoms with Gasteiger partial charge in [0.05, 0.1) is 0 Å². The maximum absolute atomic E-state index is 6.58. The van der Waals surface area contributed by atoms with Gasteiger partial charge in [-0.1, -0.05) is 139 Å². The molecule has 1 heteroatoms. The van der Waals surface area contributed by atoms with Crippen LogP contribution < -0.4 is 0 Å². The van der Waals surface area contributed by atoms with E-state index in [1.807, 2.05) is 6.07 Å². The average molecular weight is 557 g/mol. The van der Waals surface area contributed by atoms with Gasteiger partial charge < -0.3 is 4.42 Å². The highest BCUT2D eigenvalue weighted by atomic mass is 16.3. The van der Waals surface area contributed by atoms with Crippen LogP contribution in [-0.4, -0.2) is 0 Å². The SMILES string of the molecule is CC(C)(C)c1ccc(-c2cc(-c3cccc4c3oc3ccccc34)c3ccc4cc(C(C)(C)C)cc5ccc2c3c54)cc1. The average Bonchev–Trinajstić information content (AvgIpc) is 3.38. The van der Waals surface area contributed by atoms with Crippen molar-refractivity contribution in [3.8, 4) is 22.3 Å². The highest BCUT2D eigenvalue weighted by molar-refractivity contribution is 6.29. The lowest BCUT2D eigenvalue weighted by Gasteiger charge is -2.23. The van der Waals surface area contributed by atoms with E-state index in [0.29, 0.717) is 0 Å². The molecule has 8 rings (SSSR count). The van der Waals surface area contributed by atoms with Crippen molar-refractivity contribution in [2.75, 3.05) is 0 Å². The van der Waals surface area contributed by atoms with Crippen molar-refractivity contribution in [1.82, 2.24) is 0 Å². The van der Waals surface area contributed by atoms with E-state index in [-0.39, 0.29) is 10.8 Å². The first-order valence-corrected chi connectivity index (χ1v) is 15.4. The van der Waals surface area contributed by atoms with Crippen LogP contribution in [0.2, 0.25) is 0 Å². The van der Waals surface area contributed by atoms with E-state index < -0.39 is 0 Å². The van der Waals surface area contributed by atoms with Crippen molar-refractivity contribution < 1.29 is 4.42 Å². The van der Waals surface area contributed by atoms with Crippen LogP contribution in [0, 0.1) is 0 Å². The fourth-order valence-corrected chi connectivity index (χ4v) is 6.92. The van der Waals surface area contributed by atoms with E-state index in [9.17, 15) is 0 Å². The van der Waals surface area contributed by atoms with Gasteiger partial charge in [-0.05, 0) is 83.1 Å². The lowest BCUT2D eigenvalue weighted by Crippen LogP contribution is -2.10. The number of furan rings is 1. The molecular formula is C42H36O. The number of para-hydroxylation sites is 2. The Labute approximate surface area is 253 Å². The first-order valence-electron chi connectivity index (χ1n) is 15.4. The minimum absolute atomic E-state index is 0.0759. The zero-order valence-electron chi connectivity index (χ0n) is 25.8. The molecule has 0 aliphatic rings. The zero-order valence-corrected chi connectivity index (χ0v) is 25.8. The Balaban J connectivity index is 1.50. The van der Waals surface area contributed by atoms with Gasteiger partial charge in [0.15, 0.2) is 0 Å². The van der Waals surface area contributed by atoms with Crippen molar-refractivity contribution in [2.45, 2.75) is 52.4 Å². The zero-order chi connectivity index (χ0) is 29.7. The molecule has 1 nitrogen and oxygen atoms in total. The molecule has 0 saturated heterocycles. The smallest absolute Gasteiger partial charge is 0.143 e. The molecule has 0 unspecified atom stereocenters. The third kappa shape index (κ3) is 3.98. The molecule has 0 bridgehead atoms. The predicted molar refractivity (Wildman–Crippen MR) is 186 cm³/mol. The molecule has 0 fully saturated rings. The monoisotopic (exact) mass is 556 g/mol. The highest BCUT2D eigenvalue weighted by Gasteiger charge is 2.22. The molecule has 0 atom stereocenters. The largest absolute Gasteiger partial charge is 0.455 e.